The number of ether oxygens (including phenoxy) is 1. The highest BCUT2D eigenvalue weighted by Gasteiger charge is 2.37. The summed E-state index contributed by atoms with van der Waals surface area (Å²) in [5.74, 6) is -1.09. The molecule has 1 aliphatic heterocycles. The zero-order valence-electron chi connectivity index (χ0n) is 18.1. The molecule has 0 atom stereocenters. The van der Waals surface area contributed by atoms with Gasteiger partial charge < -0.3 is 10.1 Å². The Morgan fingerprint density at radius 3 is 2.27 bits per heavy atom. The summed E-state index contributed by atoms with van der Waals surface area (Å²) in [6.45, 7) is 4.06. The van der Waals surface area contributed by atoms with Crippen molar-refractivity contribution in [1.82, 2.24) is 4.90 Å². The third kappa shape index (κ3) is 4.81. The van der Waals surface area contributed by atoms with Gasteiger partial charge in [0.2, 0.25) is 0 Å². The topological polar surface area (TPSA) is 75.7 Å². The number of amides is 2. The third-order valence-electron chi connectivity index (χ3n) is 5.37. The fourth-order valence-corrected chi connectivity index (χ4v) is 3.57. The van der Waals surface area contributed by atoms with E-state index < -0.39 is 17.8 Å². The molecule has 166 valence electrons. The predicted molar refractivity (Wildman–Crippen MR) is 126 cm³/mol. The summed E-state index contributed by atoms with van der Waals surface area (Å²) in [5, 5.41) is 2.73. The molecule has 0 spiro atoms. The summed E-state index contributed by atoms with van der Waals surface area (Å²) in [6, 6.07) is 21.0. The van der Waals surface area contributed by atoms with Crippen LogP contribution in [0.25, 0.3) is 0 Å². The lowest BCUT2D eigenvalue weighted by Crippen LogP contribution is -2.31. The van der Waals surface area contributed by atoms with E-state index >= 15 is 0 Å². The highest BCUT2D eigenvalue weighted by molar-refractivity contribution is 6.48. The largest absolute Gasteiger partial charge is 0.423 e. The Hall–Kier alpha value is -3.90. The van der Waals surface area contributed by atoms with E-state index in [9.17, 15) is 14.4 Å². The van der Waals surface area contributed by atoms with Gasteiger partial charge in [-0.25, -0.2) is 4.79 Å². The average Bonchev–Trinajstić information content (AvgIpc) is 3.01. The lowest BCUT2D eigenvalue weighted by molar-refractivity contribution is -0.138. The van der Waals surface area contributed by atoms with Crippen LogP contribution in [0.15, 0.2) is 83.5 Å². The number of imide groups is 1. The lowest BCUT2D eigenvalue weighted by Gasteiger charge is -2.15. The fourth-order valence-electron chi connectivity index (χ4n) is 3.34. The summed E-state index contributed by atoms with van der Waals surface area (Å²) >= 11 is 6.16. The molecule has 0 aliphatic carbocycles. The fraction of sp³-hybridized carbons (Fsp3) is 0.115. The van der Waals surface area contributed by atoms with Crippen molar-refractivity contribution in [2.75, 3.05) is 5.32 Å². The minimum Gasteiger partial charge on any atom is -0.423 e. The van der Waals surface area contributed by atoms with E-state index in [1.165, 1.54) is 0 Å². The zero-order chi connectivity index (χ0) is 23.5. The van der Waals surface area contributed by atoms with Gasteiger partial charge in [-0.15, -0.1) is 0 Å². The van der Waals surface area contributed by atoms with Crippen LogP contribution in [0.4, 0.5) is 5.69 Å². The minimum absolute atomic E-state index is 0.00283. The van der Waals surface area contributed by atoms with Gasteiger partial charge in [0, 0.05) is 5.69 Å². The number of esters is 1. The normalized spacial score (nSPS) is 13.5. The minimum atomic E-state index is -0.554. The smallest absolute Gasteiger partial charge is 0.343 e. The van der Waals surface area contributed by atoms with Crippen molar-refractivity contribution >= 4 is 35.1 Å². The monoisotopic (exact) mass is 460 g/mol. The number of anilines is 1. The highest BCUT2D eigenvalue weighted by Crippen LogP contribution is 2.27. The van der Waals surface area contributed by atoms with Gasteiger partial charge in [-0.05, 0) is 66.9 Å². The van der Waals surface area contributed by atoms with Crippen LogP contribution in [0, 0.1) is 13.8 Å². The molecule has 0 unspecified atom stereocenters. The molecule has 0 radical (unpaired) electrons. The molecule has 33 heavy (non-hydrogen) atoms. The molecule has 3 aromatic rings. The van der Waals surface area contributed by atoms with Crippen molar-refractivity contribution in [3.8, 4) is 5.75 Å². The van der Waals surface area contributed by atoms with Gasteiger partial charge in [0.15, 0.2) is 0 Å². The molecule has 0 saturated carbocycles. The van der Waals surface area contributed by atoms with Crippen LogP contribution in [0.2, 0.25) is 0 Å². The van der Waals surface area contributed by atoms with Crippen LogP contribution in [-0.4, -0.2) is 22.7 Å². The van der Waals surface area contributed by atoms with E-state index in [1.807, 2.05) is 56.3 Å². The third-order valence-corrected chi connectivity index (χ3v) is 5.72. The Kier molecular flexibility index (Phi) is 6.29. The number of hydrogen-bond donors (Lipinski definition) is 1. The Morgan fingerprint density at radius 1 is 0.909 bits per heavy atom. The molecule has 2 amide bonds. The number of benzene rings is 3. The van der Waals surface area contributed by atoms with Gasteiger partial charge in [-0.3, -0.25) is 14.5 Å². The quantitative estimate of drug-likeness (QED) is 0.320. The Balaban J connectivity index is 1.43. The van der Waals surface area contributed by atoms with E-state index in [0.717, 1.165) is 21.6 Å². The Labute approximate surface area is 196 Å². The van der Waals surface area contributed by atoms with E-state index in [1.54, 1.807) is 30.3 Å². The second-order valence-corrected chi connectivity index (χ2v) is 8.09. The van der Waals surface area contributed by atoms with Gasteiger partial charge in [-0.1, -0.05) is 48.0 Å². The summed E-state index contributed by atoms with van der Waals surface area (Å²) < 4.78 is 5.43. The molecular formula is C26H21ClN2O4. The van der Waals surface area contributed by atoms with Gasteiger partial charge in [0.25, 0.3) is 11.8 Å². The van der Waals surface area contributed by atoms with Crippen LogP contribution in [0.5, 0.6) is 5.75 Å². The molecule has 3 aromatic carbocycles. The maximum Gasteiger partial charge on any atom is 0.343 e. The Bertz CT molecular complexity index is 1270. The van der Waals surface area contributed by atoms with Crippen molar-refractivity contribution in [3.05, 3.63) is 106 Å². The first-order chi connectivity index (χ1) is 15.8. The van der Waals surface area contributed by atoms with Crippen LogP contribution in [0.1, 0.15) is 27.0 Å². The maximum absolute atomic E-state index is 12.8. The van der Waals surface area contributed by atoms with Gasteiger partial charge >= 0.3 is 5.97 Å². The lowest BCUT2D eigenvalue weighted by atomic mass is 10.1. The van der Waals surface area contributed by atoms with Gasteiger partial charge in [0.1, 0.15) is 16.5 Å². The summed E-state index contributed by atoms with van der Waals surface area (Å²) in [4.78, 5) is 38.8. The Morgan fingerprint density at radius 2 is 1.61 bits per heavy atom. The van der Waals surface area contributed by atoms with Crippen LogP contribution in [0.3, 0.4) is 0 Å². The number of nitrogens with zero attached hydrogens (tertiary/aromatic N) is 1. The molecule has 4 rings (SSSR count). The summed E-state index contributed by atoms with van der Waals surface area (Å²) in [5.41, 5.74) is 3.81. The van der Waals surface area contributed by atoms with Crippen LogP contribution in [-0.2, 0) is 16.1 Å². The molecule has 0 saturated heterocycles. The standard InChI is InChI=1S/C26H21ClN2O4/c1-16-8-13-21(14-17(16)2)33-26(32)19-9-11-20(12-10-19)28-23-22(27)24(30)29(25(23)31)15-18-6-4-3-5-7-18/h3-14,28H,15H2,1-2H3. The van der Waals surface area contributed by atoms with E-state index in [2.05, 4.69) is 5.32 Å². The molecular weight excluding hydrogens is 440 g/mol. The molecule has 6 nitrogen and oxygen atoms in total. The molecule has 7 heteroatoms. The zero-order valence-corrected chi connectivity index (χ0v) is 18.8. The number of carbonyl (C=O) groups is 3. The van der Waals surface area contributed by atoms with Crippen LogP contribution >= 0.6 is 11.6 Å². The molecule has 1 aliphatic rings. The molecule has 1 heterocycles. The number of aryl methyl sites for hydroxylation is 2. The number of halogens is 1. The number of nitrogens with one attached hydrogen (secondary N) is 1. The SMILES string of the molecule is Cc1ccc(OC(=O)c2ccc(NC3=C(Cl)C(=O)N(Cc4ccccc4)C3=O)cc2)cc1C. The molecule has 0 fully saturated rings. The van der Waals surface area contributed by atoms with E-state index in [0.29, 0.717) is 17.0 Å². The van der Waals surface area contributed by atoms with Crippen LogP contribution < -0.4 is 10.1 Å². The maximum atomic E-state index is 12.8. The molecule has 0 bridgehead atoms. The van der Waals surface area contributed by atoms with Gasteiger partial charge in [-0.2, -0.15) is 0 Å². The first-order valence-electron chi connectivity index (χ1n) is 10.3. The number of carbonyl (C=O) groups excluding carboxylic acids is 3. The second kappa shape index (κ2) is 9.30. The van der Waals surface area contributed by atoms with Crippen molar-refractivity contribution in [2.24, 2.45) is 0 Å². The molecule has 0 aromatic heterocycles. The first kappa shape index (κ1) is 22.3. The summed E-state index contributed by atoms with van der Waals surface area (Å²) in [7, 11) is 0. The van der Waals surface area contributed by atoms with E-state index in [4.69, 9.17) is 16.3 Å². The number of hydrogen-bond acceptors (Lipinski definition) is 5. The summed E-state index contributed by atoms with van der Waals surface area (Å²) in [6.07, 6.45) is 0. The molecule has 1 N–H and O–H groups in total. The van der Waals surface area contributed by atoms with Crippen molar-refractivity contribution in [1.29, 1.82) is 0 Å². The predicted octanol–water partition coefficient (Wildman–Crippen LogP) is 4.95. The average molecular weight is 461 g/mol. The van der Waals surface area contributed by atoms with Crippen molar-refractivity contribution in [2.45, 2.75) is 20.4 Å². The van der Waals surface area contributed by atoms with E-state index in [-0.39, 0.29) is 17.3 Å². The first-order valence-corrected chi connectivity index (χ1v) is 10.7. The second-order valence-electron chi connectivity index (χ2n) is 7.71. The number of rotatable bonds is 6. The highest BCUT2D eigenvalue weighted by atomic mass is 35.5. The van der Waals surface area contributed by atoms with Crippen molar-refractivity contribution < 1.29 is 19.1 Å². The van der Waals surface area contributed by atoms with Gasteiger partial charge in [0.05, 0.1) is 12.1 Å². The van der Waals surface area contributed by atoms with Crippen molar-refractivity contribution in [3.63, 3.8) is 0 Å².